The summed E-state index contributed by atoms with van der Waals surface area (Å²) >= 11 is 0. The molecule has 0 spiro atoms. The van der Waals surface area contributed by atoms with Gasteiger partial charge < -0.3 is 11.1 Å². The number of nitrogens with one attached hydrogen (secondary N) is 2. The Bertz CT molecular complexity index is 439. The Kier molecular flexibility index (Phi) is 3.62. The Morgan fingerprint density at radius 1 is 1.17 bits per heavy atom. The molecule has 0 radical (unpaired) electrons. The molecule has 1 aliphatic heterocycles. The topological polar surface area (TPSA) is 84.2 Å². The van der Waals surface area contributed by atoms with Crippen molar-refractivity contribution in [3.05, 3.63) is 35.9 Å². The molecule has 0 saturated carbocycles. The van der Waals surface area contributed by atoms with Gasteiger partial charge in [-0.15, -0.1) is 0 Å². The van der Waals surface area contributed by atoms with Crippen molar-refractivity contribution in [2.75, 3.05) is 13.1 Å². The minimum absolute atomic E-state index is 0.303. The van der Waals surface area contributed by atoms with E-state index in [1.165, 1.54) is 0 Å². The number of benzene rings is 1. The molecule has 1 saturated heterocycles. The lowest BCUT2D eigenvalue weighted by atomic mass is 9.72. The Morgan fingerprint density at radius 3 is 2.33 bits per heavy atom. The van der Waals surface area contributed by atoms with Crippen LogP contribution in [0.3, 0.4) is 0 Å². The molecule has 1 fully saturated rings. The van der Waals surface area contributed by atoms with Gasteiger partial charge in [0, 0.05) is 0 Å². The second-order valence-electron chi connectivity index (χ2n) is 4.52. The average molecular weight is 247 g/mol. The van der Waals surface area contributed by atoms with Crippen molar-refractivity contribution >= 4 is 11.9 Å². The van der Waals surface area contributed by atoms with Crippen LogP contribution in [0, 0.1) is 0 Å². The van der Waals surface area contributed by atoms with E-state index in [0.29, 0.717) is 12.8 Å². The maximum absolute atomic E-state index is 12.3. The minimum Gasteiger partial charge on any atom is -0.351 e. The molecule has 96 valence electrons. The van der Waals surface area contributed by atoms with Gasteiger partial charge in [0.05, 0.1) is 5.41 Å². The minimum atomic E-state index is -0.797. The first-order valence-electron chi connectivity index (χ1n) is 6.02. The van der Waals surface area contributed by atoms with E-state index in [1.54, 1.807) is 0 Å². The lowest BCUT2D eigenvalue weighted by molar-refractivity contribution is -0.126. The molecule has 18 heavy (non-hydrogen) atoms. The van der Waals surface area contributed by atoms with Gasteiger partial charge in [0.2, 0.25) is 5.91 Å². The Morgan fingerprint density at radius 2 is 1.78 bits per heavy atom. The molecule has 5 heteroatoms. The number of hydrogen-bond donors (Lipinski definition) is 3. The first kappa shape index (κ1) is 12.6. The van der Waals surface area contributed by atoms with Gasteiger partial charge in [-0.25, -0.2) is 4.79 Å². The van der Waals surface area contributed by atoms with Crippen LogP contribution in [0.1, 0.15) is 18.4 Å². The summed E-state index contributed by atoms with van der Waals surface area (Å²) in [6, 6.07) is 8.75. The van der Waals surface area contributed by atoms with Gasteiger partial charge in [-0.3, -0.25) is 10.1 Å². The monoisotopic (exact) mass is 247 g/mol. The molecule has 0 bridgehead atoms. The van der Waals surface area contributed by atoms with Gasteiger partial charge >= 0.3 is 6.03 Å². The molecule has 0 aromatic heterocycles. The van der Waals surface area contributed by atoms with Crippen LogP contribution in [-0.4, -0.2) is 25.0 Å². The van der Waals surface area contributed by atoms with Crippen LogP contribution in [0.4, 0.5) is 4.79 Å². The fraction of sp³-hybridized carbons (Fsp3) is 0.385. The maximum Gasteiger partial charge on any atom is 0.318 e. The first-order valence-corrected chi connectivity index (χ1v) is 6.02. The molecule has 1 aliphatic rings. The molecule has 2 rings (SSSR count). The molecule has 0 unspecified atom stereocenters. The zero-order chi connectivity index (χ0) is 13.0. The van der Waals surface area contributed by atoms with E-state index in [9.17, 15) is 9.59 Å². The number of carbonyl (C=O) groups excluding carboxylic acids is 2. The van der Waals surface area contributed by atoms with Crippen molar-refractivity contribution in [3.8, 4) is 0 Å². The van der Waals surface area contributed by atoms with Gasteiger partial charge in [-0.1, -0.05) is 30.3 Å². The zero-order valence-electron chi connectivity index (χ0n) is 10.1. The normalized spacial score (nSPS) is 18.0. The molecule has 5 nitrogen and oxygen atoms in total. The number of primary amides is 1. The van der Waals surface area contributed by atoms with E-state index in [2.05, 4.69) is 10.6 Å². The number of nitrogens with two attached hydrogens (primary N) is 1. The van der Waals surface area contributed by atoms with E-state index in [-0.39, 0.29) is 5.91 Å². The van der Waals surface area contributed by atoms with Crippen molar-refractivity contribution < 1.29 is 9.59 Å². The third-order valence-electron chi connectivity index (χ3n) is 3.45. The summed E-state index contributed by atoms with van der Waals surface area (Å²) in [7, 11) is 0. The first-order chi connectivity index (χ1) is 8.65. The van der Waals surface area contributed by atoms with Crippen molar-refractivity contribution in [2.24, 2.45) is 5.73 Å². The third kappa shape index (κ3) is 2.36. The number of urea groups is 1. The van der Waals surface area contributed by atoms with Crippen LogP contribution in [0.15, 0.2) is 30.3 Å². The Balaban J connectivity index is 2.34. The van der Waals surface area contributed by atoms with Crippen LogP contribution < -0.4 is 16.4 Å². The summed E-state index contributed by atoms with van der Waals surface area (Å²) in [4.78, 5) is 23.2. The van der Waals surface area contributed by atoms with Crippen molar-refractivity contribution in [1.82, 2.24) is 10.6 Å². The molecular weight excluding hydrogens is 230 g/mol. The highest BCUT2D eigenvalue weighted by Crippen LogP contribution is 2.33. The lowest BCUT2D eigenvalue weighted by Gasteiger charge is -2.36. The lowest BCUT2D eigenvalue weighted by Crippen LogP contribution is -2.53. The summed E-state index contributed by atoms with van der Waals surface area (Å²) in [6.45, 7) is 1.50. The largest absolute Gasteiger partial charge is 0.351 e. The smallest absolute Gasteiger partial charge is 0.318 e. The molecule has 1 heterocycles. The van der Waals surface area contributed by atoms with Crippen LogP contribution in [0.5, 0.6) is 0 Å². The quantitative estimate of drug-likeness (QED) is 0.711. The van der Waals surface area contributed by atoms with E-state index < -0.39 is 11.4 Å². The van der Waals surface area contributed by atoms with Crippen LogP contribution >= 0.6 is 0 Å². The number of hydrogen-bond acceptors (Lipinski definition) is 3. The van der Waals surface area contributed by atoms with Gasteiger partial charge in [0.1, 0.15) is 0 Å². The Hall–Kier alpha value is -1.88. The Labute approximate surface area is 106 Å². The van der Waals surface area contributed by atoms with E-state index in [4.69, 9.17) is 5.73 Å². The standard InChI is InChI=1S/C13H17N3O2/c14-12(18)16-11(17)13(6-8-15-9-7-13)10-4-2-1-3-5-10/h1-5,15H,6-9H2,(H3,14,16,17,18). The van der Waals surface area contributed by atoms with E-state index >= 15 is 0 Å². The summed E-state index contributed by atoms with van der Waals surface area (Å²) in [6.07, 6.45) is 1.33. The van der Waals surface area contributed by atoms with Crippen LogP contribution in [0.2, 0.25) is 0 Å². The third-order valence-corrected chi connectivity index (χ3v) is 3.45. The predicted octanol–water partition coefficient (Wildman–Crippen LogP) is 0.503. The zero-order valence-corrected chi connectivity index (χ0v) is 10.1. The van der Waals surface area contributed by atoms with E-state index in [0.717, 1.165) is 18.7 Å². The number of rotatable bonds is 2. The molecule has 0 atom stereocenters. The van der Waals surface area contributed by atoms with Crippen molar-refractivity contribution in [2.45, 2.75) is 18.3 Å². The number of piperidine rings is 1. The highest BCUT2D eigenvalue weighted by molar-refractivity contribution is 5.99. The maximum atomic E-state index is 12.3. The van der Waals surface area contributed by atoms with Crippen LogP contribution in [0.25, 0.3) is 0 Å². The van der Waals surface area contributed by atoms with Crippen molar-refractivity contribution in [1.29, 1.82) is 0 Å². The molecule has 1 aromatic carbocycles. The van der Waals surface area contributed by atoms with Gasteiger partial charge in [-0.2, -0.15) is 0 Å². The summed E-state index contributed by atoms with van der Waals surface area (Å²) in [5, 5.41) is 5.45. The van der Waals surface area contributed by atoms with E-state index in [1.807, 2.05) is 30.3 Å². The average Bonchev–Trinajstić information content (AvgIpc) is 2.40. The summed E-state index contributed by atoms with van der Waals surface area (Å²) in [5.74, 6) is -0.303. The second kappa shape index (κ2) is 5.18. The summed E-state index contributed by atoms with van der Waals surface area (Å²) in [5.41, 5.74) is 5.33. The molecule has 1 aromatic rings. The van der Waals surface area contributed by atoms with Gasteiger partial charge in [0.15, 0.2) is 0 Å². The van der Waals surface area contributed by atoms with Crippen LogP contribution in [-0.2, 0) is 10.2 Å². The molecule has 0 aliphatic carbocycles. The van der Waals surface area contributed by atoms with Gasteiger partial charge in [-0.05, 0) is 31.5 Å². The predicted molar refractivity (Wildman–Crippen MR) is 67.9 cm³/mol. The van der Waals surface area contributed by atoms with Gasteiger partial charge in [0.25, 0.3) is 0 Å². The highest BCUT2D eigenvalue weighted by atomic mass is 16.2. The number of imide groups is 1. The molecule has 3 amide bonds. The highest BCUT2D eigenvalue weighted by Gasteiger charge is 2.41. The fourth-order valence-corrected chi connectivity index (χ4v) is 2.49. The number of amides is 3. The fourth-order valence-electron chi connectivity index (χ4n) is 2.49. The van der Waals surface area contributed by atoms with Crippen molar-refractivity contribution in [3.63, 3.8) is 0 Å². The number of carbonyl (C=O) groups is 2. The molecule has 4 N–H and O–H groups in total. The summed E-state index contributed by atoms with van der Waals surface area (Å²) < 4.78 is 0. The second-order valence-corrected chi connectivity index (χ2v) is 4.52. The molecular formula is C13H17N3O2. The SMILES string of the molecule is NC(=O)NC(=O)C1(c2ccccc2)CCNCC1.